The molecule has 7 heteroatoms. The van der Waals surface area contributed by atoms with Gasteiger partial charge >= 0.3 is 5.97 Å². The summed E-state index contributed by atoms with van der Waals surface area (Å²) in [6.45, 7) is 3.43. The van der Waals surface area contributed by atoms with Gasteiger partial charge in [-0.05, 0) is 32.0 Å². The van der Waals surface area contributed by atoms with Gasteiger partial charge in [0.2, 0.25) is 5.91 Å². The zero-order valence-electron chi connectivity index (χ0n) is 12.4. The Morgan fingerprint density at radius 1 is 1.32 bits per heavy atom. The quantitative estimate of drug-likeness (QED) is 0.845. The monoisotopic (exact) mass is 303 g/mol. The summed E-state index contributed by atoms with van der Waals surface area (Å²) in [6, 6.07) is 8.47. The predicted molar refractivity (Wildman–Crippen MR) is 79.9 cm³/mol. The van der Waals surface area contributed by atoms with E-state index in [0.29, 0.717) is 11.4 Å². The molecule has 22 heavy (non-hydrogen) atoms. The molecule has 0 saturated heterocycles. The minimum absolute atomic E-state index is 0.111. The van der Waals surface area contributed by atoms with Gasteiger partial charge in [-0.1, -0.05) is 6.07 Å². The molecule has 0 atom stereocenters. The number of anilines is 1. The third-order valence-corrected chi connectivity index (χ3v) is 2.88. The molecule has 1 heterocycles. The van der Waals surface area contributed by atoms with Crippen molar-refractivity contribution in [1.29, 1.82) is 0 Å². The summed E-state index contributed by atoms with van der Waals surface area (Å²) < 4.78 is 6.68. The molecule has 0 unspecified atom stereocenters. The van der Waals surface area contributed by atoms with Crippen molar-refractivity contribution in [2.75, 3.05) is 11.9 Å². The van der Waals surface area contributed by atoms with Gasteiger partial charge in [0.15, 0.2) is 6.61 Å². The molecule has 7 nitrogen and oxygen atoms in total. The van der Waals surface area contributed by atoms with E-state index in [2.05, 4.69) is 10.4 Å². The van der Waals surface area contributed by atoms with E-state index < -0.39 is 12.6 Å². The summed E-state index contributed by atoms with van der Waals surface area (Å²) in [4.78, 5) is 22.5. The van der Waals surface area contributed by atoms with Crippen LogP contribution >= 0.6 is 0 Å². The SMILES string of the molecule is Cc1cc(C)n(CC(=O)Nc2cccc(OCC(=O)O)c2)n1. The van der Waals surface area contributed by atoms with Gasteiger partial charge in [0.25, 0.3) is 0 Å². The summed E-state index contributed by atoms with van der Waals surface area (Å²) in [5, 5.41) is 15.5. The number of amides is 1. The van der Waals surface area contributed by atoms with Crippen molar-refractivity contribution in [3.63, 3.8) is 0 Å². The van der Waals surface area contributed by atoms with Crippen LogP contribution in [0, 0.1) is 13.8 Å². The largest absolute Gasteiger partial charge is 0.482 e. The summed E-state index contributed by atoms with van der Waals surface area (Å²) in [7, 11) is 0. The van der Waals surface area contributed by atoms with Gasteiger partial charge < -0.3 is 15.2 Å². The number of carboxylic acids is 1. The normalized spacial score (nSPS) is 10.3. The first-order chi connectivity index (χ1) is 10.4. The molecular formula is C15H17N3O4. The van der Waals surface area contributed by atoms with Crippen molar-refractivity contribution < 1.29 is 19.4 Å². The first-order valence-corrected chi connectivity index (χ1v) is 6.69. The van der Waals surface area contributed by atoms with Gasteiger partial charge in [-0.2, -0.15) is 5.10 Å². The minimum Gasteiger partial charge on any atom is -0.482 e. The number of ether oxygens (including phenoxy) is 1. The lowest BCUT2D eigenvalue weighted by Crippen LogP contribution is -2.20. The van der Waals surface area contributed by atoms with Gasteiger partial charge in [0.1, 0.15) is 12.3 Å². The molecule has 116 valence electrons. The number of nitrogens with one attached hydrogen (secondary N) is 1. The zero-order valence-corrected chi connectivity index (χ0v) is 12.4. The van der Waals surface area contributed by atoms with E-state index in [1.54, 1.807) is 28.9 Å². The molecule has 2 N–H and O–H groups in total. The second-order valence-corrected chi connectivity index (χ2v) is 4.84. The van der Waals surface area contributed by atoms with Gasteiger partial charge in [-0.15, -0.1) is 0 Å². The maximum absolute atomic E-state index is 12.0. The van der Waals surface area contributed by atoms with Crippen LogP contribution in [0.4, 0.5) is 5.69 Å². The molecule has 1 aromatic carbocycles. The van der Waals surface area contributed by atoms with Gasteiger partial charge in [0, 0.05) is 17.4 Å². The molecule has 0 saturated carbocycles. The molecule has 0 spiro atoms. The van der Waals surface area contributed by atoms with Crippen molar-refractivity contribution in [3.05, 3.63) is 41.7 Å². The van der Waals surface area contributed by atoms with E-state index >= 15 is 0 Å². The number of hydrogen-bond acceptors (Lipinski definition) is 4. The number of nitrogens with zero attached hydrogens (tertiary/aromatic N) is 2. The molecule has 1 amide bonds. The molecule has 0 bridgehead atoms. The Hall–Kier alpha value is -2.83. The van der Waals surface area contributed by atoms with Crippen LogP contribution in [0.15, 0.2) is 30.3 Å². The number of carbonyl (C=O) groups excluding carboxylic acids is 1. The maximum atomic E-state index is 12.0. The van der Waals surface area contributed by atoms with Crippen molar-refractivity contribution in [3.8, 4) is 5.75 Å². The third kappa shape index (κ3) is 4.34. The second-order valence-electron chi connectivity index (χ2n) is 4.84. The lowest BCUT2D eigenvalue weighted by atomic mass is 10.3. The molecule has 2 rings (SSSR count). The number of hydrogen-bond donors (Lipinski definition) is 2. The molecule has 0 radical (unpaired) electrons. The van der Waals surface area contributed by atoms with Crippen LogP contribution in [-0.4, -0.2) is 33.4 Å². The Kier molecular flexibility index (Phi) is 4.77. The van der Waals surface area contributed by atoms with E-state index in [9.17, 15) is 9.59 Å². The number of carboxylic acid groups (broad SMARTS) is 1. The number of carbonyl (C=O) groups is 2. The number of aromatic nitrogens is 2. The van der Waals surface area contributed by atoms with Crippen molar-refractivity contribution in [2.24, 2.45) is 0 Å². The topological polar surface area (TPSA) is 93.5 Å². The Labute approximate surface area is 127 Å². The van der Waals surface area contributed by atoms with Gasteiger partial charge in [0.05, 0.1) is 5.69 Å². The fourth-order valence-corrected chi connectivity index (χ4v) is 1.98. The predicted octanol–water partition coefficient (Wildman–Crippen LogP) is 1.60. The highest BCUT2D eigenvalue weighted by molar-refractivity contribution is 5.90. The van der Waals surface area contributed by atoms with Crippen LogP contribution in [0.25, 0.3) is 0 Å². The van der Waals surface area contributed by atoms with Gasteiger partial charge in [-0.3, -0.25) is 9.48 Å². The Morgan fingerprint density at radius 3 is 2.73 bits per heavy atom. The third-order valence-electron chi connectivity index (χ3n) is 2.88. The van der Waals surface area contributed by atoms with Crippen LogP contribution in [-0.2, 0) is 16.1 Å². The van der Waals surface area contributed by atoms with Crippen molar-refractivity contribution in [2.45, 2.75) is 20.4 Å². The summed E-state index contributed by atoms with van der Waals surface area (Å²) in [5.41, 5.74) is 2.30. The van der Waals surface area contributed by atoms with E-state index in [-0.39, 0.29) is 12.5 Å². The fraction of sp³-hybridized carbons (Fsp3) is 0.267. The molecular weight excluding hydrogens is 286 g/mol. The number of rotatable bonds is 6. The summed E-state index contributed by atoms with van der Waals surface area (Å²) in [5.74, 6) is -0.896. The standard InChI is InChI=1S/C15H17N3O4/c1-10-6-11(2)18(17-10)8-14(19)16-12-4-3-5-13(7-12)22-9-15(20)21/h3-7H,8-9H2,1-2H3,(H,16,19)(H,20,21). The van der Waals surface area contributed by atoms with Crippen molar-refractivity contribution >= 4 is 17.6 Å². The summed E-state index contributed by atoms with van der Waals surface area (Å²) >= 11 is 0. The van der Waals surface area contributed by atoms with Crippen LogP contribution < -0.4 is 10.1 Å². The van der Waals surface area contributed by atoms with Gasteiger partial charge in [-0.25, -0.2) is 4.79 Å². The molecule has 0 aliphatic carbocycles. The molecule has 0 aliphatic rings. The number of aryl methyl sites for hydroxylation is 2. The van der Waals surface area contributed by atoms with Crippen LogP contribution in [0.3, 0.4) is 0 Å². The van der Waals surface area contributed by atoms with Crippen LogP contribution in [0.2, 0.25) is 0 Å². The van der Waals surface area contributed by atoms with Crippen LogP contribution in [0.5, 0.6) is 5.75 Å². The first kappa shape index (κ1) is 15.6. The molecule has 0 aliphatic heterocycles. The zero-order chi connectivity index (χ0) is 16.1. The second kappa shape index (κ2) is 6.75. The lowest BCUT2D eigenvalue weighted by Gasteiger charge is -2.09. The number of benzene rings is 1. The summed E-state index contributed by atoms with van der Waals surface area (Å²) in [6.07, 6.45) is 0. The lowest BCUT2D eigenvalue weighted by molar-refractivity contribution is -0.139. The molecule has 0 fully saturated rings. The van der Waals surface area contributed by atoms with E-state index in [1.165, 1.54) is 0 Å². The van der Waals surface area contributed by atoms with Crippen molar-refractivity contribution in [1.82, 2.24) is 9.78 Å². The minimum atomic E-state index is -1.06. The average Bonchev–Trinajstić information content (AvgIpc) is 2.75. The molecule has 1 aromatic heterocycles. The molecule has 2 aromatic rings. The fourth-order valence-electron chi connectivity index (χ4n) is 1.98. The Bertz CT molecular complexity index is 694. The van der Waals surface area contributed by atoms with E-state index in [4.69, 9.17) is 9.84 Å². The maximum Gasteiger partial charge on any atom is 0.341 e. The highest BCUT2D eigenvalue weighted by Gasteiger charge is 2.08. The Morgan fingerprint density at radius 2 is 2.09 bits per heavy atom. The highest BCUT2D eigenvalue weighted by Crippen LogP contribution is 2.17. The average molecular weight is 303 g/mol. The number of aliphatic carboxylic acids is 1. The first-order valence-electron chi connectivity index (χ1n) is 6.69. The van der Waals surface area contributed by atoms with E-state index in [0.717, 1.165) is 11.4 Å². The van der Waals surface area contributed by atoms with Crippen LogP contribution in [0.1, 0.15) is 11.4 Å². The van der Waals surface area contributed by atoms with E-state index in [1.807, 2.05) is 19.9 Å². The Balaban J connectivity index is 1.98. The highest BCUT2D eigenvalue weighted by atomic mass is 16.5. The smallest absolute Gasteiger partial charge is 0.341 e.